The third kappa shape index (κ3) is 7.53. The summed E-state index contributed by atoms with van der Waals surface area (Å²) in [6, 6.07) is 0.806. The summed E-state index contributed by atoms with van der Waals surface area (Å²) in [7, 11) is -1.24. The summed E-state index contributed by atoms with van der Waals surface area (Å²) in [6.07, 6.45) is 3.08. The first-order valence-corrected chi connectivity index (χ1v) is 9.43. The molecule has 0 heterocycles. The van der Waals surface area contributed by atoms with Crippen molar-refractivity contribution in [2.75, 3.05) is 0 Å². The highest BCUT2D eigenvalue weighted by Crippen LogP contribution is 2.16. The van der Waals surface area contributed by atoms with Gasteiger partial charge in [-0.2, -0.15) is 0 Å². The fourth-order valence-corrected chi connectivity index (χ4v) is 3.09. The first kappa shape index (κ1) is 14.1. The summed E-state index contributed by atoms with van der Waals surface area (Å²) in [5, 5.41) is 19.4. The molecular formula is C11H26O2Si. The average molecular weight is 218 g/mol. The van der Waals surface area contributed by atoms with Gasteiger partial charge in [-0.25, -0.2) is 0 Å². The smallest absolute Gasteiger partial charge is 0.0796 e. The van der Waals surface area contributed by atoms with E-state index >= 15 is 0 Å². The van der Waals surface area contributed by atoms with Crippen LogP contribution in [0.5, 0.6) is 0 Å². The van der Waals surface area contributed by atoms with Crippen LogP contribution in [0, 0.1) is 0 Å². The number of aliphatic hydroxyl groups is 2. The van der Waals surface area contributed by atoms with Crippen LogP contribution in [0.3, 0.4) is 0 Å². The van der Waals surface area contributed by atoms with E-state index in [2.05, 4.69) is 26.6 Å². The summed E-state index contributed by atoms with van der Waals surface area (Å²) in [5.41, 5.74) is 0. The molecule has 0 unspecified atom stereocenters. The minimum atomic E-state index is -1.24. The molecule has 0 aliphatic heterocycles. The third-order valence-corrected chi connectivity index (χ3v) is 4.01. The monoisotopic (exact) mass is 218 g/mol. The van der Waals surface area contributed by atoms with Gasteiger partial charge in [0.15, 0.2) is 0 Å². The summed E-state index contributed by atoms with van der Waals surface area (Å²) in [5.74, 6) is 0. The second kappa shape index (κ2) is 6.59. The van der Waals surface area contributed by atoms with E-state index in [4.69, 9.17) is 0 Å². The van der Waals surface area contributed by atoms with Gasteiger partial charge in [-0.3, -0.25) is 0 Å². The Morgan fingerprint density at radius 3 is 2.00 bits per heavy atom. The summed E-state index contributed by atoms with van der Waals surface area (Å²) in [6.45, 7) is 8.80. The van der Waals surface area contributed by atoms with Gasteiger partial charge in [-0.1, -0.05) is 45.8 Å². The van der Waals surface area contributed by atoms with Gasteiger partial charge in [0.2, 0.25) is 0 Å². The van der Waals surface area contributed by atoms with Crippen LogP contribution in [0.4, 0.5) is 0 Å². The van der Waals surface area contributed by atoms with Crippen LogP contribution in [-0.2, 0) is 0 Å². The second-order valence-corrected chi connectivity index (χ2v) is 10.9. The maximum Gasteiger partial charge on any atom is 0.0796 e. The molecule has 0 aromatic carbocycles. The van der Waals surface area contributed by atoms with Gasteiger partial charge in [-0.15, -0.1) is 0 Å². The Bertz CT molecular complexity index is 143. The second-order valence-electron chi connectivity index (χ2n) is 5.40. The van der Waals surface area contributed by atoms with Gasteiger partial charge >= 0.3 is 0 Å². The zero-order chi connectivity index (χ0) is 11.2. The quantitative estimate of drug-likeness (QED) is 0.509. The van der Waals surface area contributed by atoms with Crippen molar-refractivity contribution in [1.29, 1.82) is 0 Å². The molecule has 0 aliphatic carbocycles. The van der Waals surface area contributed by atoms with E-state index in [1.54, 1.807) is 0 Å². The van der Waals surface area contributed by atoms with E-state index in [0.29, 0.717) is 0 Å². The molecule has 0 bridgehead atoms. The highest BCUT2D eigenvalue weighted by Gasteiger charge is 2.23. The maximum atomic E-state index is 9.74. The molecule has 0 aliphatic rings. The molecule has 0 radical (unpaired) electrons. The van der Waals surface area contributed by atoms with Gasteiger partial charge in [0.1, 0.15) is 0 Å². The first-order valence-electron chi connectivity index (χ1n) is 5.73. The van der Waals surface area contributed by atoms with Crippen LogP contribution in [0.1, 0.15) is 32.6 Å². The van der Waals surface area contributed by atoms with E-state index < -0.39 is 20.3 Å². The van der Waals surface area contributed by atoms with Crippen molar-refractivity contribution in [3.05, 3.63) is 0 Å². The van der Waals surface area contributed by atoms with E-state index in [0.717, 1.165) is 31.7 Å². The van der Waals surface area contributed by atoms with Crippen LogP contribution in [0.15, 0.2) is 0 Å². The van der Waals surface area contributed by atoms with Crippen molar-refractivity contribution >= 4 is 8.07 Å². The van der Waals surface area contributed by atoms with Crippen molar-refractivity contribution in [3.8, 4) is 0 Å². The molecule has 3 heteroatoms. The van der Waals surface area contributed by atoms with Crippen LogP contribution in [0.2, 0.25) is 25.7 Å². The van der Waals surface area contributed by atoms with Gasteiger partial charge in [0, 0.05) is 8.07 Å². The fraction of sp³-hybridized carbons (Fsp3) is 1.00. The molecule has 0 aromatic rings. The van der Waals surface area contributed by atoms with E-state index in [-0.39, 0.29) is 0 Å². The minimum absolute atomic E-state index is 0.501. The van der Waals surface area contributed by atoms with Crippen molar-refractivity contribution < 1.29 is 10.2 Å². The number of aliphatic hydroxyl groups excluding tert-OH is 2. The molecule has 0 saturated heterocycles. The Balaban J connectivity index is 3.70. The molecule has 0 saturated carbocycles. The summed E-state index contributed by atoms with van der Waals surface area (Å²) < 4.78 is 0. The molecule has 14 heavy (non-hydrogen) atoms. The first-order chi connectivity index (χ1) is 6.37. The molecular weight excluding hydrogens is 192 g/mol. The molecule has 2 nitrogen and oxygen atoms in total. The zero-order valence-corrected chi connectivity index (χ0v) is 11.1. The largest absolute Gasteiger partial charge is 0.391 e. The molecule has 2 N–H and O–H groups in total. The standard InChI is InChI=1S/C11H26O2Si/c1-5-6-7-8-10(12)11(13)9-14(2,3)4/h10-13H,5-9H2,1-4H3/t10-,11+/m1/s1. The molecule has 0 fully saturated rings. The summed E-state index contributed by atoms with van der Waals surface area (Å²) >= 11 is 0. The normalized spacial score (nSPS) is 16.7. The predicted octanol–water partition coefficient (Wildman–Crippen LogP) is 2.63. The topological polar surface area (TPSA) is 40.5 Å². The highest BCUT2D eigenvalue weighted by molar-refractivity contribution is 6.76. The van der Waals surface area contributed by atoms with Crippen LogP contribution >= 0.6 is 0 Å². The lowest BCUT2D eigenvalue weighted by molar-refractivity contribution is 0.0240. The van der Waals surface area contributed by atoms with Crippen LogP contribution in [0.25, 0.3) is 0 Å². The van der Waals surface area contributed by atoms with Crippen LogP contribution in [-0.4, -0.2) is 30.5 Å². The van der Waals surface area contributed by atoms with Crippen molar-refractivity contribution in [2.24, 2.45) is 0 Å². The molecule has 0 aromatic heterocycles. The molecule has 0 amide bonds. The van der Waals surface area contributed by atoms with E-state index in [1.807, 2.05) is 0 Å². The Morgan fingerprint density at radius 1 is 1.00 bits per heavy atom. The highest BCUT2D eigenvalue weighted by atomic mass is 28.3. The third-order valence-electron chi connectivity index (χ3n) is 2.37. The van der Waals surface area contributed by atoms with Gasteiger partial charge < -0.3 is 10.2 Å². The Labute approximate surface area is 89.4 Å². The lowest BCUT2D eigenvalue weighted by atomic mass is 10.1. The average Bonchev–Trinajstić information content (AvgIpc) is 2.01. The minimum Gasteiger partial charge on any atom is -0.391 e. The van der Waals surface area contributed by atoms with Gasteiger partial charge in [0.05, 0.1) is 12.2 Å². The number of unbranched alkanes of at least 4 members (excludes halogenated alkanes) is 2. The predicted molar refractivity (Wildman–Crippen MR) is 64.3 cm³/mol. The van der Waals surface area contributed by atoms with E-state index in [1.165, 1.54) is 0 Å². The molecule has 86 valence electrons. The van der Waals surface area contributed by atoms with Crippen molar-refractivity contribution in [3.63, 3.8) is 0 Å². The summed E-state index contributed by atoms with van der Waals surface area (Å²) in [4.78, 5) is 0. The SMILES string of the molecule is CCCCC[C@@H](O)[C@@H](O)C[Si](C)(C)C. The number of rotatable bonds is 7. The Kier molecular flexibility index (Phi) is 6.65. The van der Waals surface area contributed by atoms with Crippen molar-refractivity contribution in [2.45, 2.75) is 70.5 Å². The van der Waals surface area contributed by atoms with Gasteiger partial charge in [0.25, 0.3) is 0 Å². The maximum absolute atomic E-state index is 9.74. The van der Waals surface area contributed by atoms with E-state index in [9.17, 15) is 10.2 Å². The lowest BCUT2D eigenvalue weighted by Crippen LogP contribution is -2.34. The fourth-order valence-electron chi connectivity index (χ4n) is 1.56. The molecule has 2 atom stereocenters. The number of hydrogen-bond donors (Lipinski definition) is 2. The lowest BCUT2D eigenvalue weighted by Gasteiger charge is -2.24. The Morgan fingerprint density at radius 2 is 1.57 bits per heavy atom. The van der Waals surface area contributed by atoms with Gasteiger partial charge in [-0.05, 0) is 12.5 Å². The molecule has 0 spiro atoms. The van der Waals surface area contributed by atoms with Crippen molar-refractivity contribution in [1.82, 2.24) is 0 Å². The van der Waals surface area contributed by atoms with Crippen LogP contribution < -0.4 is 0 Å². The number of hydrogen-bond acceptors (Lipinski definition) is 2. The Hall–Kier alpha value is 0.137. The zero-order valence-electron chi connectivity index (χ0n) is 10.1. The molecule has 0 rings (SSSR count).